The van der Waals surface area contributed by atoms with Crippen LogP contribution in [0.2, 0.25) is 5.02 Å². The summed E-state index contributed by atoms with van der Waals surface area (Å²) >= 11 is 5.45. The highest BCUT2D eigenvalue weighted by molar-refractivity contribution is 6.30. The second-order valence-corrected chi connectivity index (χ2v) is 3.89. The fraction of sp³-hybridized carbons (Fsp3) is 0.300. The average molecular weight is 231 g/mol. The van der Waals surface area contributed by atoms with Crippen LogP contribution in [0.1, 0.15) is 12.5 Å². The van der Waals surface area contributed by atoms with Crippen LogP contribution < -0.4 is 5.32 Å². The lowest BCUT2D eigenvalue weighted by Crippen LogP contribution is -2.28. The van der Waals surface area contributed by atoms with Gasteiger partial charge in [0.25, 0.3) is 0 Å². The SMILES string of the molecule is CC1CN=C(c2cc(F)c(Cl)cc2F)N1. The van der Waals surface area contributed by atoms with E-state index < -0.39 is 11.6 Å². The maximum absolute atomic E-state index is 13.4. The molecular formula is C10H9ClF2N2. The molecule has 1 aliphatic rings. The van der Waals surface area contributed by atoms with Gasteiger partial charge < -0.3 is 5.32 Å². The number of nitrogens with one attached hydrogen (secondary N) is 1. The monoisotopic (exact) mass is 230 g/mol. The zero-order chi connectivity index (χ0) is 11.0. The molecule has 2 rings (SSSR count). The van der Waals surface area contributed by atoms with E-state index in [1.807, 2.05) is 6.92 Å². The fourth-order valence-corrected chi connectivity index (χ4v) is 1.57. The van der Waals surface area contributed by atoms with E-state index in [1.54, 1.807) is 0 Å². The first-order valence-electron chi connectivity index (χ1n) is 4.54. The summed E-state index contributed by atoms with van der Waals surface area (Å²) in [6.45, 7) is 2.49. The van der Waals surface area contributed by atoms with Crippen molar-refractivity contribution in [3.63, 3.8) is 0 Å². The highest BCUT2D eigenvalue weighted by Gasteiger charge is 2.19. The molecule has 0 saturated carbocycles. The molecule has 2 nitrogen and oxygen atoms in total. The first-order valence-corrected chi connectivity index (χ1v) is 4.91. The van der Waals surface area contributed by atoms with Crippen molar-refractivity contribution < 1.29 is 8.78 Å². The molecule has 0 aliphatic carbocycles. The van der Waals surface area contributed by atoms with Crippen molar-refractivity contribution in [2.45, 2.75) is 13.0 Å². The van der Waals surface area contributed by atoms with E-state index in [9.17, 15) is 8.78 Å². The fourth-order valence-electron chi connectivity index (χ4n) is 1.42. The molecule has 5 heteroatoms. The molecule has 0 saturated heterocycles. The predicted molar refractivity (Wildman–Crippen MR) is 55.4 cm³/mol. The van der Waals surface area contributed by atoms with E-state index >= 15 is 0 Å². The van der Waals surface area contributed by atoms with Gasteiger partial charge in [0.1, 0.15) is 17.5 Å². The Bertz CT molecular complexity index is 432. The van der Waals surface area contributed by atoms with Gasteiger partial charge in [0.05, 0.1) is 17.1 Å². The van der Waals surface area contributed by atoms with Crippen LogP contribution in [-0.4, -0.2) is 18.4 Å². The molecule has 80 valence electrons. The minimum atomic E-state index is -0.642. The normalized spacial score (nSPS) is 20.0. The molecule has 15 heavy (non-hydrogen) atoms. The minimum Gasteiger partial charge on any atom is -0.365 e. The number of hydrogen-bond donors (Lipinski definition) is 1. The van der Waals surface area contributed by atoms with Gasteiger partial charge in [0.2, 0.25) is 0 Å². The van der Waals surface area contributed by atoms with Gasteiger partial charge in [0.15, 0.2) is 0 Å². The van der Waals surface area contributed by atoms with Crippen LogP contribution in [0.25, 0.3) is 0 Å². The van der Waals surface area contributed by atoms with Crippen LogP contribution in [0.5, 0.6) is 0 Å². The highest BCUT2D eigenvalue weighted by atomic mass is 35.5. The number of aliphatic imine (C=N–C) groups is 1. The van der Waals surface area contributed by atoms with Crippen molar-refractivity contribution in [1.29, 1.82) is 0 Å². The Morgan fingerprint density at radius 3 is 2.73 bits per heavy atom. The lowest BCUT2D eigenvalue weighted by molar-refractivity contribution is 0.597. The molecule has 1 aromatic rings. The standard InChI is InChI=1S/C10H9ClF2N2/c1-5-4-14-10(15-5)6-2-9(13)7(11)3-8(6)12/h2-3,5H,4H2,1H3,(H,14,15). The van der Waals surface area contributed by atoms with Gasteiger partial charge >= 0.3 is 0 Å². The lowest BCUT2D eigenvalue weighted by Gasteiger charge is -2.07. The van der Waals surface area contributed by atoms with Crippen LogP contribution in [0.4, 0.5) is 8.78 Å². The summed E-state index contributed by atoms with van der Waals surface area (Å²) in [5.74, 6) is -0.825. The van der Waals surface area contributed by atoms with E-state index in [0.29, 0.717) is 12.4 Å². The molecule has 1 heterocycles. The third kappa shape index (κ3) is 1.95. The molecule has 1 N–H and O–H groups in total. The quantitative estimate of drug-likeness (QED) is 0.736. The Hall–Kier alpha value is -1.16. The summed E-state index contributed by atoms with van der Waals surface area (Å²) in [6.07, 6.45) is 0. The molecule has 0 fully saturated rings. The summed E-state index contributed by atoms with van der Waals surface area (Å²) in [7, 11) is 0. The van der Waals surface area contributed by atoms with E-state index in [4.69, 9.17) is 11.6 Å². The third-order valence-electron chi connectivity index (χ3n) is 2.17. The second-order valence-electron chi connectivity index (χ2n) is 3.48. The third-order valence-corrected chi connectivity index (χ3v) is 2.46. The van der Waals surface area contributed by atoms with Crippen LogP contribution in [0, 0.1) is 11.6 Å². The zero-order valence-electron chi connectivity index (χ0n) is 8.02. The Balaban J connectivity index is 2.41. The molecule has 1 unspecified atom stereocenters. The molecule has 0 radical (unpaired) electrons. The van der Waals surface area contributed by atoms with Crippen LogP contribution in [0.15, 0.2) is 17.1 Å². The summed E-state index contributed by atoms with van der Waals surface area (Å²) in [6, 6.07) is 2.17. The minimum absolute atomic E-state index is 0.126. The first-order chi connectivity index (χ1) is 7.08. The maximum atomic E-state index is 13.4. The molecule has 0 aromatic heterocycles. The topological polar surface area (TPSA) is 24.4 Å². The first kappa shape index (κ1) is 10.4. The van der Waals surface area contributed by atoms with Crippen LogP contribution in [0.3, 0.4) is 0 Å². The van der Waals surface area contributed by atoms with Gasteiger partial charge in [0, 0.05) is 6.04 Å². The Labute approximate surface area is 91.0 Å². The number of hydrogen-bond acceptors (Lipinski definition) is 2. The largest absolute Gasteiger partial charge is 0.365 e. The smallest absolute Gasteiger partial charge is 0.142 e. The van der Waals surface area contributed by atoms with Crippen molar-refractivity contribution in [2.24, 2.45) is 4.99 Å². The van der Waals surface area contributed by atoms with Crippen molar-refractivity contribution in [2.75, 3.05) is 6.54 Å². The van der Waals surface area contributed by atoms with Crippen molar-refractivity contribution in [3.05, 3.63) is 34.4 Å². The van der Waals surface area contributed by atoms with Crippen LogP contribution >= 0.6 is 11.6 Å². The number of nitrogens with zero attached hydrogens (tertiary/aromatic N) is 1. The molecule has 0 spiro atoms. The Morgan fingerprint density at radius 1 is 1.40 bits per heavy atom. The molecule has 0 amide bonds. The zero-order valence-corrected chi connectivity index (χ0v) is 8.78. The maximum Gasteiger partial charge on any atom is 0.142 e. The highest BCUT2D eigenvalue weighted by Crippen LogP contribution is 2.20. The molecule has 1 atom stereocenters. The second kappa shape index (κ2) is 3.77. The summed E-state index contributed by atoms with van der Waals surface area (Å²) in [5, 5.41) is 2.74. The number of halogens is 3. The lowest BCUT2D eigenvalue weighted by atomic mass is 10.2. The molecule has 1 aromatic carbocycles. The molecule has 0 bridgehead atoms. The van der Waals surface area contributed by atoms with Crippen molar-refractivity contribution in [3.8, 4) is 0 Å². The molecular weight excluding hydrogens is 222 g/mol. The average Bonchev–Trinajstić information content (AvgIpc) is 2.58. The summed E-state index contributed by atoms with van der Waals surface area (Å²) < 4.78 is 26.6. The number of rotatable bonds is 1. The van der Waals surface area contributed by atoms with Crippen molar-refractivity contribution >= 4 is 17.4 Å². The van der Waals surface area contributed by atoms with Gasteiger partial charge in [-0.25, -0.2) is 8.78 Å². The van der Waals surface area contributed by atoms with Gasteiger partial charge in [-0.3, -0.25) is 4.99 Å². The van der Waals surface area contributed by atoms with E-state index in [0.717, 1.165) is 12.1 Å². The number of amidine groups is 1. The van der Waals surface area contributed by atoms with Crippen molar-refractivity contribution in [1.82, 2.24) is 5.32 Å². The molecule has 1 aliphatic heterocycles. The van der Waals surface area contributed by atoms with Gasteiger partial charge in [-0.2, -0.15) is 0 Å². The predicted octanol–water partition coefficient (Wildman–Crippen LogP) is 2.36. The van der Waals surface area contributed by atoms with Gasteiger partial charge in [-0.05, 0) is 19.1 Å². The van der Waals surface area contributed by atoms with Gasteiger partial charge in [-0.15, -0.1) is 0 Å². The van der Waals surface area contributed by atoms with E-state index in [-0.39, 0.29) is 16.6 Å². The summed E-state index contributed by atoms with van der Waals surface area (Å²) in [5.41, 5.74) is 0.126. The Kier molecular flexibility index (Phi) is 2.61. The van der Waals surface area contributed by atoms with E-state index in [2.05, 4.69) is 10.3 Å². The Morgan fingerprint density at radius 2 is 2.13 bits per heavy atom. The van der Waals surface area contributed by atoms with Crippen LogP contribution in [-0.2, 0) is 0 Å². The number of benzene rings is 1. The summed E-state index contributed by atoms with van der Waals surface area (Å²) in [4.78, 5) is 4.07. The van der Waals surface area contributed by atoms with Gasteiger partial charge in [-0.1, -0.05) is 11.6 Å². The van der Waals surface area contributed by atoms with E-state index in [1.165, 1.54) is 0 Å².